The molecule has 0 amide bonds. The lowest BCUT2D eigenvalue weighted by molar-refractivity contribution is 1.10. The molecule has 28 heavy (non-hydrogen) atoms. The van der Waals surface area contributed by atoms with Gasteiger partial charge in [0.05, 0.1) is 11.2 Å². The highest BCUT2D eigenvalue weighted by Crippen LogP contribution is 2.40. The lowest BCUT2D eigenvalue weighted by Crippen LogP contribution is -1.96. The van der Waals surface area contributed by atoms with Gasteiger partial charge in [-0.3, -0.25) is 0 Å². The molecule has 3 aromatic carbocycles. The van der Waals surface area contributed by atoms with Crippen LogP contribution in [0.1, 0.15) is 29.3 Å². The van der Waals surface area contributed by atoms with Gasteiger partial charge in [0.15, 0.2) is 0 Å². The minimum Gasteiger partial charge on any atom is -0.309 e. The molecule has 0 fully saturated rings. The van der Waals surface area contributed by atoms with Crippen LogP contribution in [0, 0.1) is 13.8 Å². The zero-order chi connectivity index (χ0) is 19.7. The third kappa shape index (κ3) is 2.80. The Labute approximate surface area is 167 Å². The summed E-state index contributed by atoms with van der Waals surface area (Å²) >= 11 is 0. The van der Waals surface area contributed by atoms with E-state index in [1.54, 1.807) is 0 Å². The van der Waals surface area contributed by atoms with Crippen LogP contribution in [0.5, 0.6) is 0 Å². The van der Waals surface area contributed by atoms with Gasteiger partial charge in [-0.25, -0.2) is 0 Å². The zero-order valence-corrected chi connectivity index (χ0v) is 16.7. The van der Waals surface area contributed by atoms with E-state index in [-0.39, 0.29) is 0 Å². The molecule has 1 heterocycles. The zero-order valence-electron chi connectivity index (χ0n) is 16.7. The first-order chi connectivity index (χ1) is 13.7. The van der Waals surface area contributed by atoms with Crippen molar-refractivity contribution in [3.63, 3.8) is 0 Å². The van der Waals surface area contributed by atoms with Gasteiger partial charge in [0.1, 0.15) is 0 Å². The van der Waals surface area contributed by atoms with Crippen LogP contribution in [0.2, 0.25) is 0 Å². The number of fused-ring (bicyclic) bond motifs is 1. The smallest absolute Gasteiger partial charge is 0.0547 e. The first-order valence-electron chi connectivity index (χ1n) is 9.72. The van der Waals surface area contributed by atoms with Crippen LogP contribution in [-0.4, -0.2) is 4.57 Å². The number of benzene rings is 3. The van der Waals surface area contributed by atoms with Crippen LogP contribution >= 0.6 is 0 Å². The summed E-state index contributed by atoms with van der Waals surface area (Å²) in [7, 11) is 0. The molecule has 0 spiro atoms. The van der Waals surface area contributed by atoms with Gasteiger partial charge in [0.25, 0.3) is 0 Å². The molecular formula is C27H25N. The summed E-state index contributed by atoms with van der Waals surface area (Å²) in [6.45, 7) is 10.6. The van der Waals surface area contributed by atoms with Gasteiger partial charge in [0, 0.05) is 16.6 Å². The quantitative estimate of drug-likeness (QED) is 0.352. The number of hydrogen-bond acceptors (Lipinski definition) is 0. The van der Waals surface area contributed by atoms with Crippen LogP contribution in [0.15, 0.2) is 79.4 Å². The highest BCUT2D eigenvalue weighted by atomic mass is 15.0. The first kappa shape index (κ1) is 18.1. The normalized spacial score (nSPS) is 11.4. The molecule has 4 rings (SSSR count). The molecule has 0 bridgehead atoms. The van der Waals surface area contributed by atoms with Crippen molar-refractivity contribution in [2.24, 2.45) is 0 Å². The highest BCUT2D eigenvalue weighted by molar-refractivity contribution is 6.06. The summed E-state index contributed by atoms with van der Waals surface area (Å²) in [5.74, 6) is 0. The number of aryl methyl sites for hydroxylation is 2. The van der Waals surface area contributed by atoms with Gasteiger partial charge in [-0.2, -0.15) is 0 Å². The van der Waals surface area contributed by atoms with E-state index in [4.69, 9.17) is 0 Å². The molecule has 1 aromatic heterocycles. The molecule has 138 valence electrons. The Kier molecular flexibility index (Phi) is 4.75. The minimum absolute atomic E-state index is 1.16. The summed E-state index contributed by atoms with van der Waals surface area (Å²) in [5.41, 5.74) is 9.86. The van der Waals surface area contributed by atoms with Crippen molar-refractivity contribution in [1.29, 1.82) is 0 Å². The van der Waals surface area contributed by atoms with Gasteiger partial charge in [0.2, 0.25) is 0 Å². The Morgan fingerprint density at radius 3 is 2.21 bits per heavy atom. The van der Waals surface area contributed by atoms with Crippen LogP contribution in [0.3, 0.4) is 0 Å². The number of nitrogens with zero attached hydrogens (tertiary/aromatic N) is 1. The van der Waals surface area contributed by atoms with E-state index in [1.807, 2.05) is 6.08 Å². The van der Waals surface area contributed by atoms with Crippen molar-refractivity contribution in [2.75, 3.05) is 0 Å². The highest BCUT2D eigenvalue weighted by Gasteiger charge is 2.20. The Balaban J connectivity index is 2.22. The second-order valence-corrected chi connectivity index (χ2v) is 7.14. The average molecular weight is 364 g/mol. The molecule has 0 saturated carbocycles. The monoisotopic (exact) mass is 363 g/mol. The molecule has 0 saturated heterocycles. The van der Waals surface area contributed by atoms with Crippen molar-refractivity contribution in [1.82, 2.24) is 4.57 Å². The Hall–Kier alpha value is -3.32. The summed E-state index contributed by atoms with van der Waals surface area (Å²) in [6.07, 6.45) is 6.28. The maximum atomic E-state index is 4.17. The largest absolute Gasteiger partial charge is 0.309 e. The SMILES string of the molecule is C=Cc1c(/C=C\C)n(-c2ccccc2)c2ccc(C)c(-c3ccccc3C)c12. The molecule has 0 aliphatic heterocycles. The number of hydrogen-bond donors (Lipinski definition) is 0. The number of allylic oxidation sites excluding steroid dienone is 1. The number of para-hydroxylation sites is 1. The van der Waals surface area contributed by atoms with Gasteiger partial charge in [-0.1, -0.05) is 67.3 Å². The Bertz CT molecular complexity index is 1190. The summed E-state index contributed by atoms with van der Waals surface area (Å²) in [4.78, 5) is 0. The van der Waals surface area contributed by atoms with Crippen LogP contribution in [0.25, 0.3) is 39.9 Å². The van der Waals surface area contributed by atoms with Crippen LogP contribution < -0.4 is 0 Å². The van der Waals surface area contributed by atoms with E-state index in [2.05, 4.69) is 111 Å². The maximum Gasteiger partial charge on any atom is 0.0547 e. The van der Waals surface area contributed by atoms with Crippen LogP contribution in [-0.2, 0) is 0 Å². The molecule has 4 aromatic rings. The van der Waals surface area contributed by atoms with E-state index in [9.17, 15) is 0 Å². The van der Waals surface area contributed by atoms with Gasteiger partial charge < -0.3 is 4.57 Å². The summed E-state index contributed by atoms with van der Waals surface area (Å²) < 4.78 is 2.34. The second kappa shape index (κ2) is 7.36. The van der Waals surface area contributed by atoms with Crippen molar-refractivity contribution in [3.8, 4) is 16.8 Å². The Morgan fingerprint density at radius 2 is 1.54 bits per heavy atom. The molecule has 1 heteroatoms. The molecule has 0 unspecified atom stereocenters. The predicted octanol–water partition coefficient (Wildman–Crippen LogP) is 7.59. The van der Waals surface area contributed by atoms with Crippen LogP contribution in [0.4, 0.5) is 0 Å². The van der Waals surface area contributed by atoms with Gasteiger partial charge >= 0.3 is 0 Å². The van der Waals surface area contributed by atoms with Crippen molar-refractivity contribution < 1.29 is 0 Å². The fraction of sp³-hybridized carbons (Fsp3) is 0.111. The molecular weight excluding hydrogens is 338 g/mol. The lowest BCUT2D eigenvalue weighted by Gasteiger charge is -2.13. The van der Waals surface area contributed by atoms with Gasteiger partial charge in [-0.15, -0.1) is 0 Å². The molecule has 0 aliphatic rings. The molecule has 0 atom stereocenters. The fourth-order valence-electron chi connectivity index (χ4n) is 4.12. The number of rotatable bonds is 4. The van der Waals surface area contributed by atoms with E-state index < -0.39 is 0 Å². The third-order valence-corrected chi connectivity index (χ3v) is 5.38. The molecule has 0 aliphatic carbocycles. The fourth-order valence-corrected chi connectivity index (χ4v) is 4.12. The van der Waals surface area contributed by atoms with Crippen molar-refractivity contribution in [2.45, 2.75) is 20.8 Å². The lowest BCUT2D eigenvalue weighted by atomic mass is 9.91. The summed E-state index contributed by atoms with van der Waals surface area (Å²) in [6, 6.07) is 23.6. The average Bonchev–Trinajstić information content (AvgIpc) is 3.03. The molecule has 1 nitrogen and oxygen atoms in total. The van der Waals surface area contributed by atoms with E-state index in [1.165, 1.54) is 44.4 Å². The molecule has 0 radical (unpaired) electrons. The van der Waals surface area contributed by atoms with Crippen molar-refractivity contribution >= 4 is 23.1 Å². The van der Waals surface area contributed by atoms with Crippen molar-refractivity contribution in [3.05, 3.63) is 102 Å². The summed E-state index contributed by atoms with van der Waals surface area (Å²) in [5, 5.41) is 1.27. The molecule has 0 N–H and O–H groups in total. The number of aromatic nitrogens is 1. The predicted molar refractivity (Wildman–Crippen MR) is 123 cm³/mol. The second-order valence-electron chi connectivity index (χ2n) is 7.14. The minimum atomic E-state index is 1.16. The maximum absolute atomic E-state index is 4.17. The first-order valence-corrected chi connectivity index (χ1v) is 9.72. The van der Waals surface area contributed by atoms with E-state index in [0.29, 0.717) is 0 Å². The third-order valence-electron chi connectivity index (χ3n) is 5.38. The van der Waals surface area contributed by atoms with E-state index in [0.717, 1.165) is 5.69 Å². The van der Waals surface area contributed by atoms with Gasteiger partial charge in [-0.05, 0) is 67.3 Å². The standard InChI is InChI=1S/C27H25N/c1-5-12-24-22(6-2)27-25(28(24)21-14-8-7-9-15-21)18-17-20(4)26(27)23-16-11-10-13-19(23)3/h5-18H,2H2,1,3-4H3/b12-5-. The van der Waals surface area contributed by atoms with E-state index >= 15 is 0 Å². The topological polar surface area (TPSA) is 4.93 Å². The Morgan fingerprint density at radius 1 is 0.821 bits per heavy atom.